The summed E-state index contributed by atoms with van der Waals surface area (Å²) in [6, 6.07) is 8.19. The highest BCUT2D eigenvalue weighted by Gasteiger charge is 2.17. The van der Waals surface area contributed by atoms with Crippen molar-refractivity contribution in [2.45, 2.75) is 0 Å². The summed E-state index contributed by atoms with van der Waals surface area (Å²) in [5, 5.41) is 3.53. The lowest BCUT2D eigenvalue weighted by atomic mass is 10.2. The van der Waals surface area contributed by atoms with Gasteiger partial charge < -0.3 is 14.8 Å². The number of rotatable bonds is 2. The second-order valence-electron chi connectivity index (χ2n) is 4.56. The number of amides is 1. The second kappa shape index (κ2) is 6.36. The summed E-state index contributed by atoms with van der Waals surface area (Å²) in [5.41, 5.74) is 0.997. The van der Waals surface area contributed by atoms with Crippen LogP contribution >= 0.6 is 39.1 Å². The normalized spacial score (nSPS) is 12.9. The summed E-state index contributed by atoms with van der Waals surface area (Å²) in [4.78, 5) is 12.3. The van der Waals surface area contributed by atoms with Crippen molar-refractivity contribution in [2.75, 3.05) is 18.5 Å². The Balaban J connectivity index is 1.86. The molecule has 0 saturated heterocycles. The van der Waals surface area contributed by atoms with Gasteiger partial charge in [0.25, 0.3) is 5.91 Å². The first kappa shape index (κ1) is 15.5. The molecule has 0 saturated carbocycles. The standard InChI is InChI=1S/C15H10BrCl2NO3/c16-9-6-13-14(22-4-3-21-13)7-12(9)19-15(20)8-1-2-10(17)11(18)5-8/h1-2,5-7H,3-4H2,(H,19,20). The van der Waals surface area contributed by atoms with Crippen molar-refractivity contribution in [1.82, 2.24) is 0 Å². The number of anilines is 1. The molecule has 2 aromatic rings. The van der Waals surface area contributed by atoms with Crippen molar-refractivity contribution >= 4 is 50.7 Å². The van der Waals surface area contributed by atoms with E-state index < -0.39 is 0 Å². The molecular weight excluding hydrogens is 393 g/mol. The third-order valence-electron chi connectivity index (χ3n) is 3.06. The van der Waals surface area contributed by atoms with Crippen LogP contribution in [0.3, 0.4) is 0 Å². The molecule has 1 aliphatic rings. The van der Waals surface area contributed by atoms with E-state index in [-0.39, 0.29) is 5.91 Å². The summed E-state index contributed by atoms with van der Waals surface area (Å²) < 4.78 is 11.7. The first-order chi connectivity index (χ1) is 10.5. The van der Waals surface area contributed by atoms with Gasteiger partial charge in [0.15, 0.2) is 11.5 Å². The van der Waals surface area contributed by atoms with Gasteiger partial charge in [-0.25, -0.2) is 0 Å². The minimum absolute atomic E-state index is 0.295. The number of ether oxygens (including phenoxy) is 2. The number of hydrogen-bond donors (Lipinski definition) is 1. The van der Waals surface area contributed by atoms with Gasteiger partial charge in [-0.1, -0.05) is 23.2 Å². The predicted octanol–water partition coefficient (Wildman–Crippen LogP) is 4.78. The molecule has 0 unspecified atom stereocenters. The molecule has 0 fully saturated rings. The average Bonchev–Trinajstić information content (AvgIpc) is 2.50. The van der Waals surface area contributed by atoms with E-state index in [2.05, 4.69) is 21.2 Å². The van der Waals surface area contributed by atoms with E-state index in [0.717, 1.165) is 0 Å². The summed E-state index contributed by atoms with van der Waals surface area (Å²) in [7, 11) is 0. The minimum atomic E-state index is -0.295. The molecule has 0 atom stereocenters. The molecule has 1 amide bonds. The Morgan fingerprint density at radius 3 is 2.41 bits per heavy atom. The van der Waals surface area contributed by atoms with Gasteiger partial charge in [-0.05, 0) is 34.1 Å². The quantitative estimate of drug-likeness (QED) is 0.786. The van der Waals surface area contributed by atoms with Crippen molar-refractivity contribution < 1.29 is 14.3 Å². The van der Waals surface area contributed by atoms with Crippen LogP contribution in [0.15, 0.2) is 34.8 Å². The molecular formula is C15H10BrCl2NO3. The van der Waals surface area contributed by atoms with Crippen LogP contribution in [-0.4, -0.2) is 19.1 Å². The molecule has 3 rings (SSSR count). The van der Waals surface area contributed by atoms with E-state index in [0.29, 0.717) is 50.5 Å². The van der Waals surface area contributed by atoms with Gasteiger partial charge in [-0.15, -0.1) is 0 Å². The van der Waals surface area contributed by atoms with E-state index in [1.54, 1.807) is 24.3 Å². The van der Waals surface area contributed by atoms with Crippen molar-refractivity contribution in [3.8, 4) is 11.5 Å². The third kappa shape index (κ3) is 3.16. The molecule has 1 aliphatic heterocycles. The first-order valence-electron chi connectivity index (χ1n) is 6.40. The fourth-order valence-corrected chi connectivity index (χ4v) is 2.71. The number of carbonyl (C=O) groups excluding carboxylic acids is 1. The number of nitrogens with one attached hydrogen (secondary N) is 1. The zero-order chi connectivity index (χ0) is 15.7. The molecule has 0 bridgehead atoms. The van der Waals surface area contributed by atoms with Crippen LogP contribution in [0.2, 0.25) is 10.0 Å². The van der Waals surface area contributed by atoms with Gasteiger partial charge in [0.05, 0.1) is 15.7 Å². The van der Waals surface area contributed by atoms with E-state index in [9.17, 15) is 4.79 Å². The molecule has 1 heterocycles. The summed E-state index contributed by atoms with van der Waals surface area (Å²) >= 11 is 15.2. The number of benzene rings is 2. The van der Waals surface area contributed by atoms with Crippen LogP contribution in [0.1, 0.15) is 10.4 Å². The Kier molecular flexibility index (Phi) is 4.47. The van der Waals surface area contributed by atoms with Crippen LogP contribution in [0, 0.1) is 0 Å². The monoisotopic (exact) mass is 401 g/mol. The Morgan fingerprint density at radius 1 is 1.05 bits per heavy atom. The van der Waals surface area contributed by atoms with Gasteiger partial charge in [0.2, 0.25) is 0 Å². The van der Waals surface area contributed by atoms with Gasteiger partial charge in [-0.3, -0.25) is 4.79 Å². The maximum Gasteiger partial charge on any atom is 0.255 e. The van der Waals surface area contributed by atoms with Crippen molar-refractivity contribution in [1.29, 1.82) is 0 Å². The van der Waals surface area contributed by atoms with Crippen LogP contribution in [0.5, 0.6) is 11.5 Å². The molecule has 114 valence electrons. The first-order valence-corrected chi connectivity index (χ1v) is 7.95. The fraction of sp³-hybridized carbons (Fsp3) is 0.133. The largest absolute Gasteiger partial charge is 0.486 e. The highest BCUT2D eigenvalue weighted by atomic mass is 79.9. The second-order valence-corrected chi connectivity index (χ2v) is 6.23. The molecule has 0 aromatic heterocycles. The smallest absolute Gasteiger partial charge is 0.255 e. The lowest BCUT2D eigenvalue weighted by Crippen LogP contribution is -2.17. The van der Waals surface area contributed by atoms with Crippen LogP contribution in [0.4, 0.5) is 5.69 Å². The zero-order valence-corrected chi connectivity index (χ0v) is 14.3. The predicted molar refractivity (Wildman–Crippen MR) is 89.5 cm³/mol. The van der Waals surface area contributed by atoms with Crippen molar-refractivity contribution in [2.24, 2.45) is 0 Å². The maximum atomic E-state index is 12.3. The highest BCUT2D eigenvalue weighted by molar-refractivity contribution is 9.10. The minimum Gasteiger partial charge on any atom is -0.486 e. The zero-order valence-electron chi connectivity index (χ0n) is 11.2. The molecule has 1 N–H and O–H groups in total. The molecule has 4 nitrogen and oxygen atoms in total. The average molecular weight is 403 g/mol. The molecule has 7 heteroatoms. The summed E-state index contributed by atoms with van der Waals surface area (Å²) in [6.45, 7) is 0.989. The Labute approximate surface area is 145 Å². The third-order valence-corrected chi connectivity index (χ3v) is 4.46. The summed E-state index contributed by atoms with van der Waals surface area (Å²) in [5.74, 6) is 0.945. The van der Waals surface area contributed by atoms with Gasteiger partial charge >= 0.3 is 0 Å². The van der Waals surface area contributed by atoms with Crippen molar-refractivity contribution in [3.05, 3.63) is 50.4 Å². The SMILES string of the molecule is O=C(Nc1cc2c(cc1Br)OCCO2)c1ccc(Cl)c(Cl)c1. The molecule has 2 aromatic carbocycles. The van der Waals surface area contributed by atoms with Gasteiger partial charge in [-0.2, -0.15) is 0 Å². The molecule has 22 heavy (non-hydrogen) atoms. The lowest BCUT2D eigenvalue weighted by Gasteiger charge is -2.20. The molecule has 0 radical (unpaired) electrons. The maximum absolute atomic E-state index is 12.3. The van der Waals surface area contributed by atoms with Crippen LogP contribution in [0.25, 0.3) is 0 Å². The highest BCUT2D eigenvalue weighted by Crippen LogP contribution is 2.38. The van der Waals surface area contributed by atoms with Gasteiger partial charge in [0, 0.05) is 22.2 Å². The topological polar surface area (TPSA) is 47.6 Å². The molecule has 0 aliphatic carbocycles. The van der Waals surface area contributed by atoms with Gasteiger partial charge in [0.1, 0.15) is 13.2 Å². The van der Waals surface area contributed by atoms with Crippen LogP contribution in [-0.2, 0) is 0 Å². The Hall–Kier alpha value is -1.43. The number of fused-ring (bicyclic) bond motifs is 1. The number of hydrogen-bond acceptors (Lipinski definition) is 3. The Bertz CT molecular complexity index is 752. The summed E-state index contributed by atoms with van der Waals surface area (Å²) in [6.07, 6.45) is 0. The van der Waals surface area contributed by atoms with E-state index in [4.69, 9.17) is 32.7 Å². The van der Waals surface area contributed by atoms with E-state index in [1.165, 1.54) is 6.07 Å². The fourth-order valence-electron chi connectivity index (χ4n) is 1.99. The lowest BCUT2D eigenvalue weighted by molar-refractivity contribution is 0.102. The van der Waals surface area contributed by atoms with E-state index in [1.807, 2.05) is 0 Å². The van der Waals surface area contributed by atoms with Crippen molar-refractivity contribution in [3.63, 3.8) is 0 Å². The van der Waals surface area contributed by atoms with E-state index >= 15 is 0 Å². The number of carbonyl (C=O) groups is 1. The Morgan fingerprint density at radius 2 is 1.73 bits per heavy atom. The number of halogens is 3. The van der Waals surface area contributed by atoms with Crippen LogP contribution < -0.4 is 14.8 Å². The molecule has 0 spiro atoms.